The topological polar surface area (TPSA) is 111 Å². The second kappa shape index (κ2) is 8.32. The van der Waals surface area contributed by atoms with Gasteiger partial charge in [-0.2, -0.15) is 0 Å². The van der Waals surface area contributed by atoms with Crippen LogP contribution in [0.5, 0.6) is 0 Å². The Hall–Kier alpha value is -2.39. The Kier molecular flexibility index (Phi) is 6.04. The van der Waals surface area contributed by atoms with Gasteiger partial charge in [-0.3, -0.25) is 19.5 Å². The number of aryl methyl sites for hydroxylation is 1. The minimum Gasteiger partial charge on any atom is -0.407 e. The fourth-order valence-corrected chi connectivity index (χ4v) is 4.29. The molecule has 1 N–H and O–H groups in total. The van der Waals surface area contributed by atoms with Gasteiger partial charge in [-0.25, -0.2) is 4.79 Å². The molecular weight excluding hydrogens is 388 g/mol. The van der Waals surface area contributed by atoms with Crippen LogP contribution in [0.1, 0.15) is 32.1 Å². The third-order valence-electron chi connectivity index (χ3n) is 5.58. The van der Waals surface area contributed by atoms with E-state index in [1.165, 1.54) is 22.8 Å². The molecule has 4 rings (SSSR count). The maximum Gasteiger partial charge on any atom is 0.419 e. The standard InChI is InChI=1S/C18H22N4O5.ClH/c23-17(21-12-3-4-14(21)11-19-8-7-12)2-1-9-20-15-6-5-13(22(25)26)10-16(15)27-18(20)24;/h5-6,10,12,14,19H,1-4,7-9,11H2;1H. The third kappa shape index (κ3) is 3.77. The molecule has 2 saturated heterocycles. The van der Waals surface area contributed by atoms with E-state index < -0.39 is 10.7 Å². The Labute approximate surface area is 167 Å². The molecule has 2 bridgehead atoms. The minimum atomic E-state index is -0.558. The van der Waals surface area contributed by atoms with E-state index in [9.17, 15) is 19.7 Å². The van der Waals surface area contributed by atoms with E-state index in [4.69, 9.17) is 4.42 Å². The van der Waals surface area contributed by atoms with Crippen molar-refractivity contribution in [2.75, 3.05) is 13.1 Å². The monoisotopic (exact) mass is 410 g/mol. The van der Waals surface area contributed by atoms with Crippen LogP contribution in [0.25, 0.3) is 11.1 Å². The smallest absolute Gasteiger partial charge is 0.407 e. The molecule has 2 unspecified atom stereocenters. The predicted octanol–water partition coefficient (Wildman–Crippen LogP) is 2.06. The van der Waals surface area contributed by atoms with E-state index in [1.807, 2.05) is 4.90 Å². The van der Waals surface area contributed by atoms with E-state index in [0.717, 1.165) is 32.4 Å². The quantitative estimate of drug-likeness (QED) is 0.596. The van der Waals surface area contributed by atoms with Crippen LogP contribution in [0.3, 0.4) is 0 Å². The van der Waals surface area contributed by atoms with Crippen molar-refractivity contribution in [2.45, 2.75) is 50.7 Å². The molecule has 28 heavy (non-hydrogen) atoms. The van der Waals surface area contributed by atoms with Gasteiger partial charge < -0.3 is 14.6 Å². The van der Waals surface area contributed by atoms with Gasteiger partial charge in [0.2, 0.25) is 5.91 Å². The van der Waals surface area contributed by atoms with Gasteiger partial charge in [0.1, 0.15) is 0 Å². The number of aromatic nitrogens is 1. The van der Waals surface area contributed by atoms with Crippen molar-refractivity contribution < 1.29 is 14.1 Å². The van der Waals surface area contributed by atoms with Crippen LogP contribution in [0.15, 0.2) is 27.4 Å². The summed E-state index contributed by atoms with van der Waals surface area (Å²) in [4.78, 5) is 37.2. The zero-order chi connectivity index (χ0) is 19.0. The molecule has 2 aliphatic rings. The highest BCUT2D eigenvalue weighted by atomic mass is 35.5. The largest absolute Gasteiger partial charge is 0.419 e. The van der Waals surface area contributed by atoms with Crippen molar-refractivity contribution >= 4 is 35.1 Å². The summed E-state index contributed by atoms with van der Waals surface area (Å²) >= 11 is 0. The lowest BCUT2D eigenvalue weighted by Crippen LogP contribution is -2.42. The molecule has 0 radical (unpaired) electrons. The van der Waals surface area contributed by atoms with E-state index in [0.29, 0.717) is 30.9 Å². The lowest BCUT2D eigenvalue weighted by atomic mass is 10.1. The Morgan fingerprint density at radius 1 is 1.29 bits per heavy atom. The van der Waals surface area contributed by atoms with Crippen molar-refractivity contribution in [3.05, 3.63) is 38.9 Å². The molecule has 1 aromatic carbocycles. The molecule has 3 heterocycles. The lowest BCUT2D eigenvalue weighted by molar-refractivity contribution is -0.384. The van der Waals surface area contributed by atoms with Crippen LogP contribution in [-0.2, 0) is 11.3 Å². The summed E-state index contributed by atoms with van der Waals surface area (Å²) in [5.74, 6) is -0.417. The maximum absolute atomic E-state index is 12.7. The molecule has 2 aliphatic heterocycles. The number of hydrogen-bond donors (Lipinski definition) is 1. The minimum absolute atomic E-state index is 0. The van der Waals surface area contributed by atoms with Gasteiger partial charge in [0.05, 0.1) is 16.5 Å². The van der Waals surface area contributed by atoms with Gasteiger partial charge in [-0.15, -0.1) is 12.4 Å². The fourth-order valence-electron chi connectivity index (χ4n) is 4.29. The first-order valence-electron chi connectivity index (χ1n) is 9.34. The summed E-state index contributed by atoms with van der Waals surface area (Å²) in [6.07, 6.45) is 4.01. The average Bonchev–Trinajstić information content (AvgIpc) is 3.08. The number of nitrogens with one attached hydrogen (secondary N) is 1. The zero-order valence-corrected chi connectivity index (χ0v) is 16.2. The summed E-state index contributed by atoms with van der Waals surface area (Å²) in [6, 6.07) is 4.72. The molecule has 1 aromatic heterocycles. The lowest BCUT2D eigenvalue weighted by Gasteiger charge is -2.28. The molecule has 152 valence electrons. The molecule has 0 aliphatic carbocycles. The number of halogens is 1. The van der Waals surface area contributed by atoms with Crippen molar-refractivity contribution in [3.8, 4) is 0 Å². The van der Waals surface area contributed by atoms with E-state index in [1.54, 1.807) is 0 Å². The highest BCUT2D eigenvalue weighted by Gasteiger charge is 2.37. The zero-order valence-electron chi connectivity index (χ0n) is 15.3. The van der Waals surface area contributed by atoms with Gasteiger partial charge in [0.25, 0.3) is 5.69 Å². The second-order valence-electron chi connectivity index (χ2n) is 7.21. The van der Waals surface area contributed by atoms with Crippen LogP contribution < -0.4 is 11.1 Å². The van der Waals surface area contributed by atoms with Crippen molar-refractivity contribution in [1.29, 1.82) is 0 Å². The molecule has 2 atom stereocenters. The molecule has 2 fully saturated rings. The summed E-state index contributed by atoms with van der Waals surface area (Å²) in [6.45, 7) is 2.15. The normalized spacial score (nSPS) is 21.4. The van der Waals surface area contributed by atoms with Crippen LogP contribution in [0.2, 0.25) is 0 Å². The van der Waals surface area contributed by atoms with Gasteiger partial charge in [-0.05, 0) is 38.3 Å². The molecule has 1 amide bonds. The highest BCUT2D eigenvalue weighted by Crippen LogP contribution is 2.29. The number of carbonyl (C=O) groups excluding carboxylic acids is 1. The summed E-state index contributed by atoms with van der Waals surface area (Å²) < 4.78 is 6.56. The number of nitrogens with zero attached hydrogens (tertiary/aromatic N) is 3. The van der Waals surface area contributed by atoms with E-state index in [2.05, 4.69) is 5.32 Å². The SMILES string of the molecule is Cl.O=C(CCCn1c(=O)oc2cc([N+](=O)[O-])ccc21)N1C2CCNCC1CC2. The van der Waals surface area contributed by atoms with Gasteiger partial charge in [-0.1, -0.05) is 0 Å². The number of fused-ring (bicyclic) bond motifs is 3. The van der Waals surface area contributed by atoms with E-state index in [-0.39, 0.29) is 35.6 Å². The van der Waals surface area contributed by atoms with Crippen LogP contribution >= 0.6 is 12.4 Å². The molecule has 10 heteroatoms. The Morgan fingerprint density at radius 2 is 2.07 bits per heavy atom. The first-order chi connectivity index (χ1) is 13.0. The molecular formula is C18H23ClN4O5. The first kappa shape index (κ1) is 20.3. The molecule has 0 spiro atoms. The third-order valence-corrected chi connectivity index (χ3v) is 5.58. The fraction of sp³-hybridized carbons (Fsp3) is 0.556. The molecule has 9 nitrogen and oxygen atoms in total. The number of carbonyl (C=O) groups is 1. The van der Waals surface area contributed by atoms with Crippen molar-refractivity contribution in [2.24, 2.45) is 0 Å². The number of hydrogen-bond acceptors (Lipinski definition) is 6. The number of rotatable bonds is 5. The number of non-ortho nitro benzene ring substituents is 1. The Bertz CT molecular complexity index is 926. The van der Waals surface area contributed by atoms with E-state index >= 15 is 0 Å². The van der Waals surface area contributed by atoms with Crippen molar-refractivity contribution in [3.63, 3.8) is 0 Å². The highest BCUT2D eigenvalue weighted by molar-refractivity contribution is 5.85. The van der Waals surface area contributed by atoms with Gasteiger partial charge in [0.15, 0.2) is 5.58 Å². The number of oxazole rings is 1. The van der Waals surface area contributed by atoms with Crippen LogP contribution in [0.4, 0.5) is 5.69 Å². The first-order valence-corrected chi connectivity index (χ1v) is 9.34. The Balaban J connectivity index is 0.00000225. The average molecular weight is 411 g/mol. The molecule has 0 saturated carbocycles. The van der Waals surface area contributed by atoms with Crippen LogP contribution in [-0.4, -0.2) is 45.5 Å². The van der Waals surface area contributed by atoms with Gasteiger partial charge >= 0.3 is 5.76 Å². The number of amides is 1. The van der Waals surface area contributed by atoms with Gasteiger partial charge in [0, 0.05) is 37.7 Å². The number of nitro groups is 1. The Morgan fingerprint density at radius 3 is 2.86 bits per heavy atom. The summed E-state index contributed by atoms with van der Waals surface area (Å²) in [5.41, 5.74) is 0.582. The molecule has 2 aromatic rings. The maximum atomic E-state index is 12.7. The summed E-state index contributed by atoms with van der Waals surface area (Å²) in [5, 5.41) is 14.2. The summed E-state index contributed by atoms with van der Waals surface area (Å²) in [7, 11) is 0. The predicted molar refractivity (Wildman–Crippen MR) is 105 cm³/mol. The second-order valence-corrected chi connectivity index (χ2v) is 7.21. The van der Waals surface area contributed by atoms with Crippen molar-refractivity contribution in [1.82, 2.24) is 14.8 Å². The van der Waals surface area contributed by atoms with Crippen LogP contribution in [0, 0.1) is 10.1 Å². The number of benzene rings is 1. The number of nitro benzene ring substituents is 1.